The van der Waals surface area contributed by atoms with Crippen LogP contribution in [0.5, 0.6) is 0 Å². The molecular weight excluding hydrogens is 256 g/mol. The van der Waals surface area contributed by atoms with E-state index in [1.54, 1.807) is 0 Å². The van der Waals surface area contributed by atoms with Gasteiger partial charge in [0, 0.05) is 10.5 Å². The summed E-state index contributed by atoms with van der Waals surface area (Å²) >= 11 is 4.45. The van der Waals surface area contributed by atoms with Crippen LogP contribution < -0.4 is 0 Å². The van der Waals surface area contributed by atoms with Gasteiger partial charge in [0.05, 0.1) is 5.56 Å². The predicted molar refractivity (Wildman–Crippen MR) is 81.0 cm³/mol. The van der Waals surface area contributed by atoms with Crippen LogP contribution in [0.25, 0.3) is 0 Å². The largest absolute Gasteiger partial charge is 0.456 e. The number of benzene rings is 1. The lowest BCUT2D eigenvalue weighted by atomic mass is 9.93. The van der Waals surface area contributed by atoms with Gasteiger partial charge in [-0.1, -0.05) is 5.92 Å². The molecule has 0 saturated heterocycles. The van der Waals surface area contributed by atoms with E-state index in [-0.39, 0.29) is 5.97 Å². The molecule has 0 atom stereocenters. The number of hydrogen-bond donors (Lipinski definition) is 1. The fourth-order valence-corrected chi connectivity index (χ4v) is 2.28. The van der Waals surface area contributed by atoms with Crippen molar-refractivity contribution in [2.24, 2.45) is 0 Å². The van der Waals surface area contributed by atoms with Gasteiger partial charge < -0.3 is 4.74 Å². The monoisotopic (exact) mass is 276 g/mol. The smallest absolute Gasteiger partial charge is 0.339 e. The van der Waals surface area contributed by atoms with Crippen molar-refractivity contribution in [3.63, 3.8) is 0 Å². The molecule has 0 aromatic heterocycles. The maximum Gasteiger partial charge on any atom is 0.339 e. The van der Waals surface area contributed by atoms with Crippen LogP contribution in [0.1, 0.15) is 53.4 Å². The van der Waals surface area contributed by atoms with Crippen LogP contribution in [0.3, 0.4) is 0 Å². The fraction of sp³-hybridized carbons (Fsp3) is 0.438. The van der Waals surface area contributed by atoms with Crippen LogP contribution in [-0.4, -0.2) is 11.6 Å². The summed E-state index contributed by atoms with van der Waals surface area (Å²) in [4.78, 5) is 13.1. The molecule has 19 heavy (non-hydrogen) atoms. The van der Waals surface area contributed by atoms with Crippen molar-refractivity contribution >= 4 is 18.6 Å². The Morgan fingerprint density at radius 3 is 2.11 bits per heavy atom. The normalized spacial score (nSPS) is 11.1. The van der Waals surface area contributed by atoms with Crippen molar-refractivity contribution < 1.29 is 9.53 Å². The molecule has 0 saturated carbocycles. The van der Waals surface area contributed by atoms with E-state index in [9.17, 15) is 4.79 Å². The molecule has 0 fully saturated rings. The number of carbonyl (C=O) groups is 1. The number of terminal acetylenes is 1. The molecule has 3 heteroatoms. The first-order valence-electron chi connectivity index (χ1n) is 6.12. The molecule has 0 aliphatic heterocycles. The molecule has 1 aromatic rings. The third kappa shape index (κ3) is 3.13. The number of hydrogen-bond acceptors (Lipinski definition) is 3. The van der Waals surface area contributed by atoms with Crippen LogP contribution in [-0.2, 0) is 4.74 Å². The first-order chi connectivity index (χ1) is 8.60. The zero-order chi connectivity index (χ0) is 15.0. The van der Waals surface area contributed by atoms with Crippen LogP contribution in [0, 0.1) is 33.1 Å². The van der Waals surface area contributed by atoms with Gasteiger partial charge in [-0.3, -0.25) is 0 Å². The summed E-state index contributed by atoms with van der Waals surface area (Å²) in [5, 5.41) is 0. The Hall–Kier alpha value is -1.40. The minimum Gasteiger partial charge on any atom is -0.456 e. The van der Waals surface area contributed by atoms with Crippen LogP contribution in [0.2, 0.25) is 0 Å². The molecule has 0 amide bonds. The van der Waals surface area contributed by atoms with E-state index in [1.165, 1.54) is 0 Å². The Morgan fingerprint density at radius 1 is 1.16 bits per heavy atom. The lowest BCUT2D eigenvalue weighted by Gasteiger charge is -2.22. The number of carbonyl (C=O) groups excluding carboxylic acids is 1. The van der Waals surface area contributed by atoms with Crippen molar-refractivity contribution in [2.45, 2.75) is 52.0 Å². The van der Waals surface area contributed by atoms with E-state index in [4.69, 9.17) is 11.2 Å². The molecule has 0 radical (unpaired) electrons. The highest BCUT2D eigenvalue weighted by Gasteiger charge is 2.24. The molecule has 1 aromatic carbocycles. The third-order valence-electron chi connectivity index (χ3n) is 2.96. The van der Waals surface area contributed by atoms with Gasteiger partial charge in [0.25, 0.3) is 0 Å². The van der Waals surface area contributed by atoms with E-state index >= 15 is 0 Å². The van der Waals surface area contributed by atoms with E-state index in [1.807, 2.05) is 41.5 Å². The van der Waals surface area contributed by atoms with Gasteiger partial charge in [0.1, 0.15) is 5.60 Å². The zero-order valence-electron chi connectivity index (χ0n) is 12.3. The third-order valence-corrected chi connectivity index (χ3v) is 3.63. The van der Waals surface area contributed by atoms with Gasteiger partial charge in [-0.05, 0) is 58.2 Å². The second-order valence-electron chi connectivity index (χ2n) is 5.62. The SMILES string of the molecule is C#Cc1c(C)c(S)c(C)c(C(=O)OC(C)(C)C)c1C. The Kier molecular flexibility index (Phi) is 4.37. The van der Waals surface area contributed by atoms with Gasteiger partial charge in [0.2, 0.25) is 0 Å². The minimum atomic E-state index is -0.534. The second-order valence-corrected chi connectivity index (χ2v) is 6.07. The summed E-state index contributed by atoms with van der Waals surface area (Å²) in [5.41, 5.74) is 3.23. The standard InChI is InChI=1S/C16H20O2S/c1-8-12-9(2)13(11(4)14(19)10(12)3)15(17)18-16(5,6)7/h1,19H,2-7H3. The summed E-state index contributed by atoms with van der Waals surface area (Å²) in [7, 11) is 0. The van der Waals surface area contributed by atoms with Crippen LogP contribution in [0.15, 0.2) is 4.90 Å². The van der Waals surface area contributed by atoms with Gasteiger partial charge >= 0.3 is 5.97 Å². The topological polar surface area (TPSA) is 26.3 Å². The summed E-state index contributed by atoms with van der Waals surface area (Å²) < 4.78 is 5.44. The van der Waals surface area contributed by atoms with E-state index in [0.29, 0.717) is 5.56 Å². The lowest BCUT2D eigenvalue weighted by Crippen LogP contribution is -2.25. The number of esters is 1. The summed E-state index contributed by atoms with van der Waals surface area (Å²) in [5.74, 6) is 2.28. The molecule has 0 unspecified atom stereocenters. The Morgan fingerprint density at radius 2 is 1.68 bits per heavy atom. The van der Waals surface area contributed by atoms with E-state index in [0.717, 1.165) is 27.1 Å². The second kappa shape index (κ2) is 5.30. The number of rotatable bonds is 1. The van der Waals surface area contributed by atoms with Crippen molar-refractivity contribution in [1.29, 1.82) is 0 Å². The van der Waals surface area contributed by atoms with Gasteiger partial charge in [0.15, 0.2) is 0 Å². The van der Waals surface area contributed by atoms with Gasteiger partial charge in [-0.15, -0.1) is 19.1 Å². The average molecular weight is 276 g/mol. The van der Waals surface area contributed by atoms with Crippen LogP contribution in [0.4, 0.5) is 0 Å². The zero-order valence-corrected chi connectivity index (χ0v) is 13.2. The highest BCUT2D eigenvalue weighted by molar-refractivity contribution is 7.80. The highest BCUT2D eigenvalue weighted by Crippen LogP contribution is 2.30. The molecule has 0 bridgehead atoms. The number of ether oxygens (including phenoxy) is 1. The number of thiol groups is 1. The van der Waals surface area contributed by atoms with Gasteiger partial charge in [-0.25, -0.2) is 4.79 Å². The molecule has 1 rings (SSSR count). The molecule has 0 spiro atoms. The van der Waals surface area contributed by atoms with Crippen LogP contribution >= 0.6 is 12.6 Å². The minimum absolute atomic E-state index is 0.352. The highest BCUT2D eigenvalue weighted by atomic mass is 32.1. The lowest BCUT2D eigenvalue weighted by molar-refractivity contribution is 0.00676. The van der Waals surface area contributed by atoms with Crippen molar-refractivity contribution in [1.82, 2.24) is 0 Å². The van der Waals surface area contributed by atoms with Crippen molar-refractivity contribution in [3.8, 4) is 12.3 Å². The summed E-state index contributed by atoms with van der Waals surface area (Å²) in [6, 6.07) is 0. The molecule has 0 heterocycles. The first kappa shape index (κ1) is 15.7. The van der Waals surface area contributed by atoms with E-state index < -0.39 is 5.60 Å². The maximum atomic E-state index is 12.3. The van der Waals surface area contributed by atoms with Gasteiger partial charge in [-0.2, -0.15) is 0 Å². The van der Waals surface area contributed by atoms with E-state index in [2.05, 4.69) is 18.5 Å². The fourth-order valence-electron chi connectivity index (χ4n) is 2.06. The summed E-state index contributed by atoms with van der Waals surface area (Å²) in [6.45, 7) is 11.1. The Bertz CT molecular complexity index is 572. The van der Waals surface area contributed by atoms with Crippen molar-refractivity contribution in [2.75, 3.05) is 0 Å². The molecule has 0 aliphatic carbocycles. The quantitative estimate of drug-likeness (QED) is 0.479. The molecule has 102 valence electrons. The first-order valence-corrected chi connectivity index (χ1v) is 6.57. The molecule has 0 N–H and O–H groups in total. The Balaban J connectivity index is 3.49. The average Bonchev–Trinajstić information content (AvgIpc) is 2.24. The Labute approximate surface area is 121 Å². The molecule has 2 nitrogen and oxygen atoms in total. The maximum absolute atomic E-state index is 12.3. The molecule has 0 aliphatic rings. The summed E-state index contributed by atoms with van der Waals surface area (Å²) in [6.07, 6.45) is 5.53. The predicted octanol–water partition coefficient (Wildman–Crippen LogP) is 3.84. The molecular formula is C16H20O2S. The van der Waals surface area contributed by atoms with Crippen molar-refractivity contribution in [3.05, 3.63) is 27.8 Å².